The van der Waals surface area contributed by atoms with Crippen molar-refractivity contribution in [2.75, 3.05) is 6.54 Å². The number of nitrogens with two attached hydrogens (primary N) is 1. The molecule has 2 unspecified atom stereocenters. The van der Waals surface area contributed by atoms with Crippen LogP contribution in [0.1, 0.15) is 47.0 Å². The molecule has 2 atom stereocenters. The lowest BCUT2D eigenvalue weighted by molar-refractivity contribution is 0.225. The molecule has 0 aliphatic heterocycles. The Hall–Kier alpha value is -0.0800. The Labute approximate surface area is 88.6 Å². The molecule has 1 saturated carbocycles. The molecule has 3 N–H and O–H groups in total. The first kappa shape index (κ1) is 12.0. The zero-order valence-electron chi connectivity index (χ0n) is 10.1. The molecule has 1 fully saturated rings. The highest BCUT2D eigenvalue weighted by atomic mass is 15.0. The smallest absolute Gasteiger partial charge is 0.0219 e. The quantitative estimate of drug-likeness (QED) is 0.726. The van der Waals surface area contributed by atoms with Crippen molar-refractivity contribution >= 4 is 0 Å². The molecule has 0 aromatic rings. The van der Waals surface area contributed by atoms with Crippen molar-refractivity contribution in [1.82, 2.24) is 5.32 Å². The first-order chi connectivity index (χ1) is 6.43. The van der Waals surface area contributed by atoms with Crippen LogP contribution in [0.15, 0.2) is 0 Å². The molecule has 84 valence electrons. The second-order valence-electron chi connectivity index (χ2n) is 5.73. The van der Waals surface area contributed by atoms with E-state index in [0.717, 1.165) is 6.54 Å². The van der Waals surface area contributed by atoms with Crippen LogP contribution in [0.4, 0.5) is 0 Å². The summed E-state index contributed by atoms with van der Waals surface area (Å²) in [6.45, 7) is 10.3. The van der Waals surface area contributed by atoms with E-state index < -0.39 is 0 Å². The molecule has 1 rings (SSSR count). The molecule has 0 aromatic carbocycles. The van der Waals surface area contributed by atoms with Gasteiger partial charge in [0.15, 0.2) is 0 Å². The Morgan fingerprint density at radius 1 is 1.36 bits per heavy atom. The Morgan fingerprint density at radius 2 is 2.00 bits per heavy atom. The van der Waals surface area contributed by atoms with E-state index in [4.69, 9.17) is 5.73 Å². The monoisotopic (exact) mass is 198 g/mol. The molecule has 0 amide bonds. The summed E-state index contributed by atoms with van der Waals surface area (Å²) in [4.78, 5) is 0. The van der Waals surface area contributed by atoms with Crippen molar-refractivity contribution in [2.24, 2.45) is 17.1 Å². The van der Waals surface area contributed by atoms with Gasteiger partial charge in [0.05, 0.1) is 0 Å². The number of rotatable bonds is 4. The predicted octanol–water partition coefficient (Wildman–Crippen LogP) is 2.14. The van der Waals surface area contributed by atoms with Crippen LogP contribution < -0.4 is 11.1 Å². The standard InChI is InChI=1S/C12H26N2/c1-9(2)12(3,4)8-14-11-7-5-6-10(11)13/h9-11,14H,5-8,13H2,1-4H3. The molecular weight excluding hydrogens is 172 g/mol. The molecule has 0 heterocycles. The van der Waals surface area contributed by atoms with Gasteiger partial charge in [-0.2, -0.15) is 0 Å². The van der Waals surface area contributed by atoms with Gasteiger partial charge in [-0.05, 0) is 24.2 Å². The van der Waals surface area contributed by atoms with Gasteiger partial charge in [-0.25, -0.2) is 0 Å². The van der Waals surface area contributed by atoms with E-state index >= 15 is 0 Å². The largest absolute Gasteiger partial charge is 0.326 e. The van der Waals surface area contributed by atoms with E-state index in [9.17, 15) is 0 Å². The average Bonchev–Trinajstić information content (AvgIpc) is 2.47. The highest BCUT2D eigenvalue weighted by Gasteiger charge is 2.27. The van der Waals surface area contributed by atoms with Crippen molar-refractivity contribution in [3.05, 3.63) is 0 Å². The second-order valence-corrected chi connectivity index (χ2v) is 5.73. The summed E-state index contributed by atoms with van der Waals surface area (Å²) < 4.78 is 0. The van der Waals surface area contributed by atoms with Gasteiger partial charge in [0, 0.05) is 18.6 Å². The van der Waals surface area contributed by atoms with E-state index in [2.05, 4.69) is 33.0 Å². The van der Waals surface area contributed by atoms with Crippen LogP contribution in [-0.2, 0) is 0 Å². The number of nitrogens with one attached hydrogen (secondary N) is 1. The second kappa shape index (κ2) is 4.63. The molecule has 14 heavy (non-hydrogen) atoms. The molecule has 0 aromatic heterocycles. The maximum atomic E-state index is 6.02. The van der Waals surface area contributed by atoms with Crippen LogP contribution in [0.5, 0.6) is 0 Å². The molecule has 2 heteroatoms. The lowest BCUT2D eigenvalue weighted by Gasteiger charge is -2.32. The lowest BCUT2D eigenvalue weighted by Crippen LogP contribution is -2.45. The van der Waals surface area contributed by atoms with Gasteiger partial charge in [-0.1, -0.05) is 34.1 Å². The summed E-state index contributed by atoms with van der Waals surface area (Å²) >= 11 is 0. The summed E-state index contributed by atoms with van der Waals surface area (Å²) in [7, 11) is 0. The summed E-state index contributed by atoms with van der Waals surface area (Å²) in [5, 5.41) is 3.63. The summed E-state index contributed by atoms with van der Waals surface area (Å²) in [5.41, 5.74) is 6.40. The minimum Gasteiger partial charge on any atom is -0.326 e. The van der Waals surface area contributed by atoms with Crippen molar-refractivity contribution in [2.45, 2.75) is 59.0 Å². The SMILES string of the molecule is CC(C)C(C)(C)CNC1CCCC1N. The summed E-state index contributed by atoms with van der Waals surface area (Å²) in [6, 6.07) is 0.950. The van der Waals surface area contributed by atoms with E-state index in [1.807, 2.05) is 0 Å². The van der Waals surface area contributed by atoms with Crippen LogP contribution in [0.2, 0.25) is 0 Å². The maximum Gasteiger partial charge on any atom is 0.0219 e. The third-order valence-corrected chi connectivity index (χ3v) is 3.95. The van der Waals surface area contributed by atoms with E-state index in [0.29, 0.717) is 23.4 Å². The Balaban J connectivity index is 2.32. The minimum atomic E-state index is 0.377. The first-order valence-corrected chi connectivity index (χ1v) is 5.92. The predicted molar refractivity (Wildman–Crippen MR) is 62.2 cm³/mol. The van der Waals surface area contributed by atoms with Gasteiger partial charge in [-0.3, -0.25) is 0 Å². The van der Waals surface area contributed by atoms with Gasteiger partial charge >= 0.3 is 0 Å². The van der Waals surface area contributed by atoms with Crippen LogP contribution in [0.25, 0.3) is 0 Å². The Bertz CT molecular complexity index is 175. The highest BCUT2D eigenvalue weighted by Crippen LogP contribution is 2.26. The van der Waals surface area contributed by atoms with E-state index in [-0.39, 0.29) is 0 Å². The average molecular weight is 198 g/mol. The molecule has 1 aliphatic carbocycles. The molecular formula is C12H26N2. The minimum absolute atomic E-state index is 0.377. The van der Waals surface area contributed by atoms with Crippen molar-refractivity contribution in [1.29, 1.82) is 0 Å². The molecule has 0 radical (unpaired) electrons. The van der Waals surface area contributed by atoms with Crippen molar-refractivity contribution in [3.8, 4) is 0 Å². The van der Waals surface area contributed by atoms with E-state index in [1.54, 1.807) is 0 Å². The topological polar surface area (TPSA) is 38.0 Å². The lowest BCUT2D eigenvalue weighted by atomic mass is 9.81. The highest BCUT2D eigenvalue weighted by molar-refractivity contribution is 4.88. The molecule has 0 saturated heterocycles. The van der Waals surface area contributed by atoms with Crippen LogP contribution in [0.3, 0.4) is 0 Å². The fourth-order valence-electron chi connectivity index (χ4n) is 1.84. The van der Waals surface area contributed by atoms with Gasteiger partial charge in [0.1, 0.15) is 0 Å². The molecule has 2 nitrogen and oxygen atoms in total. The maximum absolute atomic E-state index is 6.02. The molecule has 1 aliphatic rings. The fraction of sp³-hybridized carbons (Fsp3) is 1.00. The fourth-order valence-corrected chi connectivity index (χ4v) is 1.84. The van der Waals surface area contributed by atoms with Gasteiger partial charge in [0.2, 0.25) is 0 Å². The normalized spacial score (nSPS) is 28.7. The Kier molecular flexibility index (Phi) is 3.96. The van der Waals surface area contributed by atoms with Crippen LogP contribution >= 0.6 is 0 Å². The van der Waals surface area contributed by atoms with Crippen LogP contribution in [0, 0.1) is 11.3 Å². The molecule has 0 bridgehead atoms. The van der Waals surface area contributed by atoms with Gasteiger partial charge in [0.25, 0.3) is 0 Å². The number of hydrogen-bond donors (Lipinski definition) is 2. The summed E-state index contributed by atoms with van der Waals surface area (Å²) in [6.07, 6.45) is 3.75. The van der Waals surface area contributed by atoms with Gasteiger partial charge < -0.3 is 11.1 Å². The van der Waals surface area contributed by atoms with E-state index in [1.165, 1.54) is 19.3 Å². The van der Waals surface area contributed by atoms with Crippen molar-refractivity contribution < 1.29 is 0 Å². The first-order valence-electron chi connectivity index (χ1n) is 5.92. The van der Waals surface area contributed by atoms with Gasteiger partial charge in [-0.15, -0.1) is 0 Å². The Morgan fingerprint density at radius 3 is 2.43 bits per heavy atom. The summed E-state index contributed by atoms with van der Waals surface area (Å²) in [5.74, 6) is 0.715. The van der Waals surface area contributed by atoms with Crippen LogP contribution in [-0.4, -0.2) is 18.6 Å². The number of hydrogen-bond acceptors (Lipinski definition) is 2. The molecule has 0 spiro atoms. The van der Waals surface area contributed by atoms with Crippen molar-refractivity contribution in [3.63, 3.8) is 0 Å². The zero-order chi connectivity index (χ0) is 10.8. The third-order valence-electron chi connectivity index (χ3n) is 3.95. The third kappa shape index (κ3) is 2.96. The zero-order valence-corrected chi connectivity index (χ0v) is 10.1.